The number of hydrogen-bond acceptors (Lipinski definition) is 7. The molecule has 3 heterocycles. The van der Waals surface area contributed by atoms with E-state index in [0.717, 1.165) is 38.6 Å². The van der Waals surface area contributed by atoms with E-state index in [1.807, 2.05) is 36.6 Å². The minimum absolute atomic E-state index is 0.0828. The largest absolute Gasteiger partial charge is 0.416 e. The third-order valence-corrected chi connectivity index (χ3v) is 8.12. The molecule has 1 amide bonds. The third-order valence-electron chi connectivity index (χ3n) is 6.21. The molecule has 5 rings (SSSR count). The summed E-state index contributed by atoms with van der Waals surface area (Å²) in [6.45, 7) is 2.17. The number of carbonyl (C=O) groups is 1. The average molecular weight is 544 g/mol. The highest BCUT2D eigenvalue weighted by Gasteiger charge is 2.30. The fourth-order valence-electron chi connectivity index (χ4n) is 4.21. The van der Waals surface area contributed by atoms with E-state index in [4.69, 9.17) is 0 Å². The van der Waals surface area contributed by atoms with Crippen LogP contribution in [0, 0.1) is 0 Å². The molecule has 1 atom stereocenters. The van der Waals surface area contributed by atoms with E-state index in [1.54, 1.807) is 11.8 Å². The first kappa shape index (κ1) is 25.5. The molecule has 0 aliphatic carbocycles. The molecule has 37 heavy (non-hydrogen) atoms. The fourth-order valence-corrected chi connectivity index (χ4v) is 5.75. The zero-order valence-electron chi connectivity index (χ0n) is 19.9. The molecule has 1 aliphatic rings. The number of aromatic nitrogens is 2. The summed E-state index contributed by atoms with van der Waals surface area (Å²) >= 11 is 3.11. The van der Waals surface area contributed by atoms with Crippen LogP contribution < -0.4 is 15.5 Å². The maximum Gasteiger partial charge on any atom is 0.416 e. The molecule has 2 N–H and O–H groups in total. The number of halogens is 3. The Hall–Kier alpha value is -3.15. The van der Waals surface area contributed by atoms with Gasteiger partial charge in [0.15, 0.2) is 0 Å². The van der Waals surface area contributed by atoms with Crippen LogP contribution in [0.25, 0.3) is 20.7 Å². The van der Waals surface area contributed by atoms with E-state index in [1.165, 1.54) is 34.7 Å². The van der Waals surface area contributed by atoms with Gasteiger partial charge in [0.05, 0.1) is 15.8 Å². The standard InChI is InChI=1S/C26H24F3N5OS2/c1-36-19-8-2-16(3-9-19)13-31-25(35)21-14-34(11-10-30-21)24-23-20(32-15-33-24)12-22(37-23)17-4-6-18(7-5-17)26(27,28)29/h2-9,12,15,21,30H,10-11,13-14H2,1H3,(H,31,35)/t21-/m0/s1. The second kappa shape index (κ2) is 10.7. The van der Waals surface area contributed by atoms with Gasteiger partial charge in [0.25, 0.3) is 0 Å². The molecule has 0 saturated carbocycles. The van der Waals surface area contributed by atoms with E-state index in [0.29, 0.717) is 31.7 Å². The average Bonchev–Trinajstić information content (AvgIpc) is 3.36. The predicted octanol–water partition coefficient (Wildman–Crippen LogP) is 5.19. The van der Waals surface area contributed by atoms with Crippen LogP contribution in [0.1, 0.15) is 11.1 Å². The molecular weight excluding hydrogens is 519 g/mol. The number of thiophene rings is 1. The van der Waals surface area contributed by atoms with Crippen molar-refractivity contribution in [3.05, 3.63) is 72.1 Å². The molecule has 6 nitrogen and oxygen atoms in total. The number of alkyl halides is 3. The van der Waals surface area contributed by atoms with Gasteiger partial charge in [0, 0.05) is 36.0 Å². The molecular formula is C26H24F3N5OS2. The number of amides is 1. The highest BCUT2D eigenvalue weighted by molar-refractivity contribution is 7.98. The topological polar surface area (TPSA) is 70.2 Å². The van der Waals surface area contributed by atoms with Gasteiger partial charge in [-0.15, -0.1) is 23.1 Å². The van der Waals surface area contributed by atoms with E-state index >= 15 is 0 Å². The van der Waals surface area contributed by atoms with Crippen molar-refractivity contribution in [2.24, 2.45) is 0 Å². The summed E-state index contributed by atoms with van der Waals surface area (Å²) in [5, 5.41) is 6.29. The van der Waals surface area contributed by atoms with Gasteiger partial charge in [-0.2, -0.15) is 13.2 Å². The lowest BCUT2D eigenvalue weighted by molar-refractivity contribution is -0.137. The van der Waals surface area contributed by atoms with Crippen molar-refractivity contribution in [2.45, 2.75) is 23.7 Å². The lowest BCUT2D eigenvalue weighted by Gasteiger charge is -2.33. The summed E-state index contributed by atoms with van der Waals surface area (Å²) in [4.78, 5) is 25.8. The molecule has 1 saturated heterocycles. The second-order valence-corrected chi connectivity index (χ2v) is 10.5. The number of carbonyl (C=O) groups excluding carboxylic acids is 1. The molecule has 2 aromatic heterocycles. The van der Waals surface area contributed by atoms with Crippen LogP contribution in [-0.4, -0.2) is 47.8 Å². The van der Waals surface area contributed by atoms with Crippen LogP contribution in [0.4, 0.5) is 19.0 Å². The zero-order valence-corrected chi connectivity index (χ0v) is 21.5. The SMILES string of the molecule is CSc1ccc(CNC(=O)[C@@H]2CN(c3ncnc4cc(-c5ccc(C(F)(F)F)cc5)sc34)CCN2)cc1. The molecule has 1 fully saturated rings. The fraction of sp³-hybridized carbons (Fsp3) is 0.269. The Bertz CT molecular complexity index is 1390. The molecule has 0 unspecified atom stereocenters. The Labute approximate surface area is 220 Å². The quantitative estimate of drug-likeness (QED) is 0.326. The summed E-state index contributed by atoms with van der Waals surface area (Å²) in [5.41, 5.74) is 1.76. The summed E-state index contributed by atoms with van der Waals surface area (Å²) in [6, 6.07) is 14.7. The van der Waals surface area contributed by atoms with Crippen molar-refractivity contribution in [3.8, 4) is 10.4 Å². The Morgan fingerprint density at radius 1 is 1.16 bits per heavy atom. The van der Waals surface area contributed by atoms with Crippen LogP contribution in [0.15, 0.2) is 65.8 Å². The van der Waals surface area contributed by atoms with Crippen molar-refractivity contribution in [2.75, 3.05) is 30.8 Å². The van der Waals surface area contributed by atoms with Gasteiger partial charge < -0.3 is 15.5 Å². The molecule has 1 aliphatic heterocycles. The number of hydrogen-bond donors (Lipinski definition) is 2. The Morgan fingerprint density at radius 2 is 1.92 bits per heavy atom. The highest BCUT2D eigenvalue weighted by Crippen LogP contribution is 2.38. The van der Waals surface area contributed by atoms with Crippen molar-refractivity contribution < 1.29 is 18.0 Å². The van der Waals surface area contributed by atoms with Crippen molar-refractivity contribution >= 4 is 45.0 Å². The first-order valence-electron chi connectivity index (χ1n) is 11.6. The van der Waals surface area contributed by atoms with Crippen molar-refractivity contribution in [3.63, 3.8) is 0 Å². The Balaban J connectivity index is 1.30. The number of rotatable bonds is 6. The van der Waals surface area contributed by atoms with Gasteiger partial charge in [-0.25, -0.2) is 9.97 Å². The van der Waals surface area contributed by atoms with E-state index < -0.39 is 17.8 Å². The molecule has 192 valence electrons. The van der Waals surface area contributed by atoms with Crippen molar-refractivity contribution in [1.29, 1.82) is 0 Å². The monoisotopic (exact) mass is 543 g/mol. The first-order chi connectivity index (χ1) is 17.8. The first-order valence-corrected chi connectivity index (χ1v) is 13.7. The second-order valence-electron chi connectivity index (χ2n) is 8.62. The number of fused-ring (bicyclic) bond motifs is 1. The van der Waals surface area contributed by atoms with Crippen molar-refractivity contribution in [1.82, 2.24) is 20.6 Å². The third kappa shape index (κ3) is 5.73. The summed E-state index contributed by atoms with van der Waals surface area (Å²) in [7, 11) is 0. The summed E-state index contributed by atoms with van der Waals surface area (Å²) in [5.74, 6) is 0.640. The normalized spacial score (nSPS) is 16.2. The van der Waals surface area contributed by atoms with Crippen LogP contribution in [-0.2, 0) is 17.5 Å². The number of nitrogens with one attached hydrogen (secondary N) is 2. The van der Waals surface area contributed by atoms with E-state index in [-0.39, 0.29) is 5.91 Å². The summed E-state index contributed by atoms with van der Waals surface area (Å²) < 4.78 is 39.7. The van der Waals surface area contributed by atoms with Gasteiger partial charge >= 0.3 is 6.18 Å². The van der Waals surface area contributed by atoms with Gasteiger partial charge in [-0.3, -0.25) is 4.79 Å². The highest BCUT2D eigenvalue weighted by atomic mass is 32.2. The molecule has 2 aromatic carbocycles. The lowest BCUT2D eigenvalue weighted by atomic mass is 10.1. The van der Waals surface area contributed by atoms with Crippen LogP contribution >= 0.6 is 23.1 Å². The van der Waals surface area contributed by atoms with Gasteiger partial charge in [-0.05, 0) is 47.7 Å². The molecule has 11 heteroatoms. The van der Waals surface area contributed by atoms with E-state index in [9.17, 15) is 18.0 Å². The van der Waals surface area contributed by atoms with Gasteiger partial charge in [-0.1, -0.05) is 24.3 Å². The Morgan fingerprint density at radius 3 is 2.62 bits per heavy atom. The van der Waals surface area contributed by atoms with Crippen LogP contribution in [0.3, 0.4) is 0 Å². The minimum Gasteiger partial charge on any atom is -0.352 e. The van der Waals surface area contributed by atoms with Crippen LogP contribution in [0.2, 0.25) is 0 Å². The maximum absolute atomic E-state index is 12.9. The predicted molar refractivity (Wildman–Crippen MR) is 142 cm³/mol. The number of thioether (sulfide) groups is 1. The number of benzene rings is 2. The Kier molecular flexibility index (Phi) is 7.36. The molecule has 4 aromatic rings. The molecule has 0 bridgehead atoms. The number of piperazine rings is 1. The van der Waals surface area contributed by atoms with Crippen LogP contribution in [0.5, 0.6) is 0 Å². The lowest BCUT2D eigenvalue weighted by Crippen LogP contribution is -2.57. The number of nitrogens with zero attached hydrogens (tertiary/aromatic N) is 3. The molecule has 0 radical (unpaired) electrons. The van der Waals surface area contributed by atoms with E-state index in [2.05, 4.69) is 25.5 Å². The maximum atomic E-state index is 12.9. The minimum atomic E-state index is -4.37. The van der Waals surface area contributed by atoms with Gasteiger partial charge in [0.2, 0.25) is 5.91 Å². The number of anilines is 1. The van der Waals surface area contributed by atoms with Gasteiger partial charge in [0.1, 0.15) is 18.2 Å². The molecule has 0 spiro atoms. The zero-order chi connectivity index (χ0) is 26.0. The summed E-state index contributed by atoms with van der Waals surface area (Å²) in [6.07, 6.45) is -0.869. The smallest absolute Gasteiger partial charge is 0.352 e.